The van der Waals surface area contributed by atoms with E-state index in [1.54, 1.807) is 0 Å². The van der Waals surface area contributed by atoms with Gasteiger partial charge in [0.15, 0.2) is 0 Å². The molecule has 0 radical (unpaired) electrons. The summed E-state index contributed by atoms with van der Waals surface area (Å²) in [6, 6.07) is 6.14. The van der Waals surface area contributed by atoms with E-state index >= 15 is 0 Å². The number of imidazole rings is 1. The normalized spacial score (nSPS) is 11.3. The zero-order chi connectivity index (χ0) is 13.7. The third-order valence-corrected chi connectivity index (χ3v) is 3.97. The molecule has 1 aromatic heterocycles. The number of hydrogen-bond acceptors (Lipinski definition) is 2. The highest BCUT2D eigenvalue weighted by molar-refractivity contribution is 9.10. The van der Waals surface area contributed by atoms with Crippen LogP contribution in [0.15, 0.2) is 22.7 Å². The summed E-state index contributed by atoms with van der Waals surface area (Å²) in [5.74, 6) is 0.627. The van der Waals surface area contributed by atoms with Crippen LogP contribution >= 0.6 is 15.9 Å². The van der Waals surface area contributed by atoms with Gasteiger partial charge in [-0.25, -0.2) is 4.98 Å². The Balaban J connectivity index is 1.95. The van der Waals surface area contributed by atoms with Crippen LogP contribution in [0.5, 0.6) is 0 Å². The quantitative estimate of drug-likeness (QED) is 0.748. The molecule has 0 unspecified atom stereocenters. The average molecular weight is 324 g/mol. The molecule has 0 saturated carbocycles. The molecule has 0 aliphatic carbocycles. The van der Waals surface area contributed by atoms with Crippen LogP contribution in [0.3, 0.4) is 0 Å². The number of halogens is 1. The van der Waals surface area contributed by atoms with Crippen LogP contribution in [0.25, 0.3) is 11.0 Å². The number of nitrogen functional groups attached to an aromatic ring is 1. The van der Waals surface area contributed by atoms with Crippen molar-refractivity contribution in [2.75, 3.05) is 5.73 Å². The fourth-order valence-electron chi connectivity index (χ4n) is 2.41. The zero-order valence-electron chi connectivity index (χ0n) is 11.5. The molecule has 0 spiro atoms. The minimum atomic E-state index is 0.627. The van der Waals surface area contributed by atoms with Crippen molar-refractivity contribution in [1.29, 1.82) is 0 Å². The number of benzene rings is 1. The summed E-state index contributed by atoms with van der Waals surface area (Å²) in [7, 11) is 0. The number of aryl methyl sites for hydroxylation is 1. The Morgan fingerprint density at radius 1 is 1.16 bits per heavy atom. The largest absolute Gasteiger partial charge is 0.369 e. The Bertz CT molecular complexity index is 533. The summed E-state index contributed by atoms with van der Waals surface area (Å²) in [6.07, 6.45) is 7.78. The molecule has 0 saturated heterocycles. The third-order valence-electron chi connectivity index (χ3n) is 3.48. The van der Waals surface area contributed by atoms with Gasteiger partial charge in [-0.05, 0) is 24.6 Å². The lowest BCUT2D eigenvalue weighted by atomic mass is 10.1. The third kappa shape index (κ3) is 3.72. The first-order valence-corrected chi connectivity index (χ1v) is 7.93. The summed E-state index contributed by atoms with van der Waals surface area (Å²) >= 11 is 3.46. The molecule has 0 amide bonds. The van der Waals surface area contributed by atoms with Crippen molar-refractivity contribution in [3.8, 4) is 0 Å². The summed E-state index contributed by atoms with van der Waals surface area (Å²) in [5, 5.41) is 0. The lowest BCUT2D eigenvalue weighted by Crippen LogP contribution is -2.03. The molecule has 0 aliphatic heterocycles. The number of nitrogens with zero attached hydrogens (tertiary/aromatic N) is 2. The molecule has 0 atom stereocenters. The van der Waals surface area contributed by atoms with Gasteiger partial charge in [-0.3, -0.25) is 0 Å². The summed E-state index contributed by atoms with van der Waals surface area (Å²) in [4.78, 5) is 4.41. The van der Waals surface area contributed by atoms with Gasteiger partial charge in [0.1, 0.15) is 0 Å². The highest BCUT2D eigenvalue weighted by atomic mass is 79.9. The van der Waals surface area contributed by atoms with Crippen molar-refractivity contribution >= 4 is 32.9 Å². The molecule has 104 valence electrons. The summed E-state index contributed by atoms with van der Waals surface area (Å²) < 4.78 is 3.17. The molecule has 19 heavy (non-hydrogen) atoms. The van der Waals surface area contributed by atoms with Gasteiger partial charge in [-0.2, -0.15) is 0 Å². The van der Waals surface area contributed by atoms with Crippen molar-refractivity contribution in [3.05, 3.63) is 22.7 Å². The van der Waals surface area contributed by atoms with E-state index in [1.165, 1.54) is 38.5 Å². The lowest BCUT2D eigenvalue weighted by molar-refractivity contribution is 0.567. The van der Waals surface area contributed by atoms with Crippen LogP contribution in [-0.2, 0) is 6.54 Å². The molecule has 0 bridgehead atoms. The first-order chi connectivity index (χ1) is 9.22. The standard InChI is InChI=1S/C15H22BrN3/c1-2-3-4-5-6-7-10-19-14-9-8-12(16)11-13(14)18-15(19)17/h8-9,11H,2-7,10H2,1H3,(H2,17,18). The second-order valence-electron chi connectivity index (χ2n) is 5.02. The van der Waals surface area contributed by atoms with Crippen LogP contribution in [0, 0.1) is 0 Å². The highest BCUT2D eigenvalue weighted by Gasteiger charge is 2.07. The molecular formula is C15H22BrN3. The highest BCUT2D eigenvalue weighted by Crippen LogP contribution is 2.22. The van der Waals surface area contributed by atoms with Crippen LogP contribution in [0.1, 0.15) is 45.4 Å². The number of aromatic nitrogens is 2. The molecular weight excluding hydrogens is 302 g/mol. The predicted octanol–water partition coefficient (Wildman–Crippen LogP) is 4.74. The van der Waals surface area contributed by atoms with Crippen molar-refractivity contribution in [1.82, 2.24) is 9.55 Å². The van der Waals surface area contributed by atoms with Crippen molar-refractivity contribution in [2.24, 2.45) is 0 Å². The summed E-state index contributed by atoms with van der Waals surface area (Å²) in [5.41, 5.74) is 8.11. The van der Waals surface area contributed by atoms with Gasteiger partial charge in [-0.1, -0.05) is 55.0 Å². The van der Waals surface area contributed by atoms with E-state index in [2.05, 4.69) is 38.5 Å². The van der Waals surface area contributed by atoms with Crippen LogP contribution < -0.4 is 5.73 Å². The van der Waals surface area contributed by atoms with Gasteiger partial charge < -0.3 is 10.3 Å². The molecule has 3 nitrogen and oxygen atoms in total. The van der Waals surface area contributed by atoms with Gasteiger partial charge in [0.05, 0.1) is 11.0 Å². The van der Waals surface area contributed by atoms with Gasteiger partial charge in [-0.15, -0.1) is 0 Å². The molecule has 1 aromatic carbocycles. The van der Waals surface area contributed by atoms with Crippen molar-refractivity contribution in [2.45, 2.75) is 52.0 Å². The fraction of sp³-hybridized carbons (Fsp3) is 0.533. The van der Waals surface area contributed by atoms with Crippen molar-refractivity contribution < 1.29 is 0 Å². The Labute approximate surface area is 123 Å². The Hall–Kier alpha value is -1.03. The zero-order valence-corrected chi connectivity index (χ0v) is 13.1. The number of anilines is 1. The van der Waals surface area contributed by atoms with Gasteiger partial charge in [0.2, 0.25) is 5.95 Å². The number of hydrogen-bond donors (Lipinski definition) is 1. The Morgan fingerprint density at radius 2 is 1.89 bits per heavy atom. The number of rotatable bonds is 7. The Morgan fingerprint density at radius 3 is 2.68 bits per heavy atom. The maximum atomic E-state index is 6.00. The smallest absolute Gasteiger partial charge is 0.201 e. The van der Waals surface area contributed by atoms with E-state index in [0.29, 0.717) is 5.95 Å². The van der Waals surface area contributed by atoms with Crippen LogP contribution in [0.4, 0.5) is 5.95 Å². The first kappa shape index (κ1) is 14.4. The minimum Gasteiger partial charge on any atom is -0.369 e. The van der Waals surface area contributed by atoms with Crippen LogP contribution in [0.2, 0.25) is 0 Å². The Kier molecular flexibility index (Phi) is 5.25. The van der Waals surface area contributed by atoms with Gasteiger partial charge in [0, 0.05) is 11.0 Å². The molecule has 1 heterocycles. The van der Waals surface area contributed by atoms with Crippen LogP contribution in [-0.4, -0.2) is 9.55 Å². The molecule has 0 fully saturated rings. The van der Waals surface area contributed by atoms with E-state index in [4.69, 9.17) is 5.73 Å². The molecule has 4 heteroatoms. The second-order valence-corrected chi connectivity index (χ2v) is 5.94. The minimum absolute atomic E-state index is 0.627. The maximum absolute atomic E-state index is 6.00. The second kappa shape index (κ2) is 6.94. The van der Waals surface area contributed by atoms with Crippen molar-refractivity contribution in [3.63, 3.8) is 0 Å². The maximum Gasteiger partial charge on any atom is 0.201 e. The molecule has 2 N–H and O–H groups in total. The number of nitrogens with two attached hydrogens (primary N) is 1. The topological polar surface area (TPSA) is 43.8 Å². The number of unbranched alkanes of at least 4 members (excludes halogenated alkanes) is 5. The van der Waals surface area contributed by atoms with E-state index in [0.717, 1.165) is 22.1 Å². The molecule has 2 rings (SSSR count). The SMILES string of the molecule is CCCCCCCCn1c(N)nc2cc(Br)ccc21. The van der Waals surface area contributed by atoms with E-state index in [1.807, 2.05) is 12.1 Å². The molecule has 2 aromatic rings. The van der Waals surface area contributed by atoms with Gasteiger partial charge >= 0.3 is 0 Å². The van der Waals surface area contributed by atoms with E-state index in [-0.39, 0.29) is 0 Å². The average Bonchev–Trinajstić information content (AvgIpc) is 2.69. The predicted molar refractivity (Wildman–Crippen MR) is 85.2 cm³/mol. The van der Waals surface area contributed by atoms with E-state index < -0.39 is 0 Å². The van der Waals surface area contributed by atoms with Gasteiger partial charge in [0.25, 0.3) is 0 Å². The number of fused-ring (bicyclic) bond motifs is 1. The first-order valence-electron chi connectivity index (χ1n) is 7.13. The lowest BCUT2D eigenvalue weighted by Gasteiger charge is -2.06. The summed E-state index contributed by atoms with van der Waals surface area (Å²) in [6.45, 7) is 3.21. The fourth-order valence-corrected chi connectivity index (χ4v) is 2.76. The monoisotopic (exact) mass is 323 g/mol. The van der Waals surface area contributed by atoms with E-state index in [9.17, 15) is 0 Å². The molecule has 0 aliphatic rings.